The second-order valence-electron chi connectivity index (χ2n) is 7.47. The number of hydrogen-bond acceptors (Lipinski definition) is 4. The molecule has 2 aliphatic heterocycles. The van der Waals surface area contributed by atoms with Crippen LogP contribution in [0.25, 0.3) is 0 Å². The van der Waals surface area contributed by atoms with Crippen LogP contribution in [0.3, 0.4) is 0 Å². The monoisotopic (exact) mass is 433 g/mol. The highest BCUT2D eigenvalue weighted by Crippen LogP contribution is 2.29. The largest absolute Gasteiger partial charge is 0.369 e. The zero-order valence-corrected chi connectivity index (χ0v) is 17.9. The molecule has 154 valence electrons. The lowest BCUT2D eigenvalue weighted by molar-refractivity contribution is -0.117. The van der Waals surface area contributed by atoms with Gasteiger partial charge in [-0.1, -0.05) is 17.7 Å². The lowest BCUT2D eigenvalue weighted by atomic mass is 10.2. The van der Waals surface area contributed by atoms with E-state index in [1.807, 2.05) is 31.2 Å². The number of aryl methyl sites for hydroxylation is 1. The quantitative estimate of drug-likeness (QED) is 0.742. The average Bonchev–Trinajstić information content (AvgIpc) is 3.13. The Hall–Kier alpha value is -2.09. The maximum Gasteiger partial charge on any atom is 0.243 e. The standard InChI is InChI=1S/C21H24ClN3O3S/c1-16-14-19(7-8-20(16)25-9-3-6-21(25)26)29(27,28)24-12-10-23(11-13-24)18-5-2-4-17(22)15-18/h2,4-5,7-8,14-15H,3,6,9-13H2,1H3. The maximum absolute atomic E-state index is 13.1. The van der Waals surface area contributed by atoms with Gasteiger partial charge in [-0.15, -0.1) is 0 Å². The molecule has 29 heavy (non-hydrogen) atoms. The van der Waals surface area contributed by atoms with Crippen LogP contribution in [0.5, 0.6) is 0 Å². The van der Waals surface area contributed by atoms with E-state index in [2.05, 4.69) is 4.90 Å². The van der Waals surface area contributed by atoms with Gasteiger partial charge in [-0.2, -0.15) is 4.31 Å². The number of piperazine rings is 1. The van der Waals surface area contributed by atoms with Crippen LogP contribution in [0.1, 0.15) is 18.4 Å². The zero-order chi connectivity index (χ0) is 20.6. The van der Waals surface area contributed by atoms with Gasteiger partial charge in [0.15, 0.2) is 0 Å². The summed E-state index contributed by atoms with van der Waals surface area (Å²) in [6, 6.07) is 12.7. The van der Waals surface area contributed by atoms with Crippen molar-refractivity contribution in [1.82, 2.24) is 4.31 Å². The minimum absolute atomic E-state index is 0.0980. The molecule has 2 saturated heterocycles. The minimum Gasteiger partial charge on any atom is -0.369 e. The topological polar surface area (TPSA) is 60.9 Å². The number of amides is 1. The second-order valence-corrected chi connectivity index (χ2v) is 9.84. The Balaban J connectivity index is 1.49. The third kappa shape index (κ3) is 3.99. The van der Waals surface area contributed by atoms with Gasteiger partial charge in [-0.25, -0.2) is 8.42 Å². The van der Waals surface area contributed by atoms with Crippen molar-refractivity contribution in [2.24, 2.45) is 0 Å². The molecule has 0 atom stereocenters. The molecule has 0 N–H and O–H groups in total. The molecule has 8 heteroatoms. The van der Waals surface area contributed by atoms with Gasteiger partial charge in [0.05, 0.1) is 4.90 Å². The van der Waals surface area contributed by atoms with Crippen LogP contribution in [-0.2, 0) is 14.8 Å². The summed E-state index contributed by atoms with van der Waals surface area (Å²) in [5.41, 5.74) is 2.61. The van der Waals surface area contributed by atoms with Gasteiger partial charge in [0.2, 0.25) is 15.9 Å². The van der Waals surface area contributed by atoms with E-state index >= 15 is 0 Å². The molecule has 1 amide bonds. The number of benzene rings is 2. The van der Waals surface area contributed by atoms with Crippen LogP contribution in [0.15, 0.2) is 47.4 Å². The highest BCUT2D eigenvalue weighted by molar-refractivity contribution is 7.89. The molecule has 0 aliphatic carbocycles. The Kier molecular flexibility index (Phi) is 5.55. The number of carbonyl (C=O) groups is 1. The van der Waals surface area contributed by atoms with Crippen LogP contribution in [-0.4, -0.2) is 51.4 Å². The molecule has 6 nitrogen and oxygen atoms in total. The van der Waals surface area contributed by atoms with Gasteiger partial charge in [0, 0.05) is 55.5 Å². The predicted molar refractivity (Wildman–Crippen MR) is 115 cm³/mol. The Bertz CT molecular complexity index is 1030. The van der Waals surface area contributed by atoms with E-state index in [4.69, 9.17) is 11.6 Å². The number of carbonyl (C=O) groups excluding carboxylic acids is 1. The van der Waals surface area contributed by atoms with E-state index in [1.54, 1.807) is 23.1 Å². The number of rotatable bonds is 4. The van der Waals surface area contributed by atoms with Crippen molar-refractivity contribution in [2.45, 2.75) is 24.7 Å². The van der Waals surface area contributed by atoms with E-state index in [1.165, 1.54) is 4.31 Å². The minimum atomic E-state index is -3.57. The smallest absolute Gasteiger partial charge is 0.243 e. The summed E-state index contributed by atoms with van der Waals surface area (Å²) in [5.74, 6) is 0.0980. The summed E-state index contributed by atoms with van der Waals surface area (Å²) in [6.45, 7) is 4.60. The molecule has 0 radical (unpaired) electrons. The first-order valence-corrected chi connectivity index (χ1v) is 11.6. The summed E-state index contributed by atoms with van der Waals surface area (Å²) in [4.78, 5) is 16.2. The number of halogens is 1. The Labute approximate surface area is 176 Å². The molecule has 0 spiro atoms. The molecule has 0 bridgehead atoms. The van der Waals surface area contributed by atoms with E-state index in [9.17, 15) is 13.2 Å². The van der Waals surface area contributed by atoms with Gasteiger partial charge < -0.3 is 9.80 Å². The van der Waals surface area contributed by atoms with Crippen molar-refractivity contribution < 1.29 is 13.2 Å². The molecule has 2 aliphatic rings. The summed E-state index contributed by atoms with van der Waals surface area (Å²) < 4.78 is 27.8. The van der Waals surface area contributed by atoms with Crippen molar-refractivity contribution >= 4 is 38.9 Å². The lowest BCUT2D eigenvalue weighted by Crippen LogP contribution is -2.48. The molecule has 0 saturated carbocycles. The highest BCUT2D eigenvalue weighted by Gasteiger charge is 2.30. The predicted octanol–water partition coefficient (Wildman–Crippen LogP) is 3.29. The molecular weight excluding hydrogens is 410 g/mol. The molecule has 2 aromatic carbocycles. The molecule has 4 rings (SSSR count). The third-order valence-electron chi connectivity index (χ3n) is 5.58. The third-order valence-corrected chi connectivity index (χ3v) is 7.71. The molecule has 2 heterocycles. The van der Waals surface area contributed by atoms with Crippen molar-refractivity contribution in [2.75, 3.05) is 42.5 Å². The zero-order valence-electron chi connectivity index (χ0n) is 16.3. The highest BCUT2D eigenvalue weighted by atomic mass is 35.5. The number of sulfonamides is 1. The van der Waals surface area contributed by atoms with E-state index in [0.29, 0.717) is 44.2 Å². The lowest BCUT2D eigenvalue weighted by Gasteiger charge is -2.35. The summed E-state index contributed by atoms with van der Waals surface area (Å²) >= 11 is 6.07. The first kappa shape index (κ1) is 20.2. The SMILES string of the molecule is Cc1cc(S(=O)(=O)N2CCN(c3cccc(Cl)c3)CC2)ccc1N1CCCC1=O. The molecular formula is C21H24ClN3O3S. The van der Waals surface area contributed by atoms with Crippen LogP contribution >= 0.6 is 11.6 Å². The van der Waals surface area contributed by atoms with Crippen LogP contribution in [0, 0.1) is 6.92 Å². The van der Waals surface area contributed by atoms with Crippen molar-refractivity contribution in [3.63, 3.8) is 0 Å². The Morgan fingerprint density at radius 2 is 1.72 bits per heavy atom. The summed E-state index contributed by atoms with van der Waals surface area (Å²) in [5, 5.41) is 0.671. The van der Waals surface area contributed by atoms with Gasteiger partial charge in [0.1, 0.15) is 0 Å². The fourth-order valence-electron chi connectivity index (χ4n) is 4.00. The Morgan fingerprint density at radius 3 is 2.34 bits per heavy atom. The number of hydrogen-bond donors (Lipinski definition) is 0. The van der Waals surface area contributed by atoms with Crippen molar-refractivity contribution in [3.05, 3.63) is 53.1 Å². The van der Waals surface area contributed by atoms with Gasteiger partial charge >= 0.3 is 0 Å². The van der Waals surface area contributed by atoms with Gasteiger partial charge in [-0.3, -0.25) is 4.79 Å². The number of anilines is 2. The van der Waals surface area contributed by atoms with E-state index in [-0.39, 0.29) is 10.8 Å². The van der Waals surface area contributed by atoms with Crippen molar-refractivity contribution in [1.29, 1.82) is 0 Å². The first-order valence-electron chi connectivity index (χ1n) is 9.78. The fraction of sp³-hybridized carbons (Fsp3) is 0.381. The first-order chi connectivity index (χ1) is 13.9. The molecule has 0 unspecified atom stereocenters. The van der Waals surface area contributed by atoms with Crippen LogP contribution in [0.4, 0.5) is 11.4 Å². The molecule has 2 fully saturated rings. The maximum atomic E-state index is 13.1. The summed E-state index contributed by atoms with van der Waals surface area (Å²) in [6.07, 6.45) is 1.39. The van der Waals surface area contributed by atoms with Gasteiger partial charge in [-0.05, 0) is 55.3 Å². The van der Waals surface area contributed by atoms with E-state index in [0.717, 1.165) is 23.4 Å². The fourth-order valence-corrected chi connectivity index (χ4v) is 5.70. The van der Waals surface area contributed by atoms with Crippen LogP contribution in [0.2, 0.25) is 5.02 Å². The molecule has 2 aromatic rings. The average molecular weight is 434 g/mol. The summed E-state index contributed by atoms with van der Waals surface area (Å²) in [7, 11) is -3.57. The van der Waals surface area contributed by atoms with Gasteiger partial charge in [0.25, 0.3) is 0 Å². The molecule has 0 aromatic heterocycles. The Morgan fingerprint density at radius 1 is 0.966 bits per heavy atom. The van der Waals surface area contributed by atoms with Crippen LogP contribution < -0.4 is 9.80 Å². The van der Waals surface area contributed by atoms with E-state index < -0.39 is 10.0 Å². The second kappa shape index (κ2) is 7.97. The van der Waals surface area contributed by atoms with Crippen molar-refractivity contribution in [3.8, 4) is 0 Å². The normalized spacial score (nSPS) is 18.5. The number of nitrogens with zero attached hydrogens (tertiary/aromatic N) is 3.